The molecule has 0 aliphatic heterocycles. The van der Waals surface area contributed by atoms with Gasteiger partial charge in [-0.3, -0.25) is 9.59 Å². The van der Waals surface area contributed by atoms with Crippen molar-refractivity contribution in [1.29, 1.82) is 0 Å². The average molecular weight is 334 g/mol. The van der Waals surface area contributed by atoms with E-state index in [9.17, 15) is 9.59 Å². The van der Waals surface area contributed by atoms with Crippen molar-refractivity contribution in [3.05, 3.63) is 35.9 Å². The Labute approximate surface area is 145 Å². The number of carbonyl (C=O) groups excluding carboxylic acids is 2. The summed E-state index contributed by atoms with van der Waals surface area (Å²) in [5.41, 5.74) is 0.943. The second-order valence-electron chi connectivity index (χ2n) is 6.09. The van der Waals surface area contributed by atoms with Gasteiger partial charge in [0, 0.05) is 0 Å². The van der Waals surface area contributed by atoms with Crippen LogP contribution in [0.15, 0.2) is 30.3 Å². The summed E-state index contributed by atoms with van der Waals surface area (Å²) in [7, 11) is 1.38. The van der Waals surface area contributed by atoms with E-state index in [1.165, 1.54) is 7.11 Å². The van der Waals surface area contributed by atoms with E-state index in [1.54, 1.807) is 0 Å². The van der Waals surface area contributed by atoms with Crippen LogP contribution >= 0.6 is 0 Å². The zero-order chi connectivity index (χ0) is 17.8. The van der Waals surface area contributed by atoms with Crippen molar-refractivity contribution in [2.45, 2.75) is 59.0 Å². The first-order valence-electron chi connectivity index (χ1n) is 8.92. The Morgan fingerprint density at radius 1 is 0.958 bits per heavy atom. The lowest BCUT2D eigenvalue weighted by molar-refractivity contribution is -0.160. The van der Waals surface area contributed by atoms with E-state index in [0.29, 0.717) is 12.8 Å². The van der Waals surface area contributed by atoms with Crippen molar-refractivity contribution in [1.82, 2.24) is 0 Å². The molecule has 2 unspecified atom stereocenters. The smallest absolute Gasteiger partial charge is 0.310 e. The highest BCUT2D eigenvalue weighted by molar-refractivity contribution is 5.82. The summed E-state index contributed by atoms with van der Waals surface area (Å²) in [6, 6.07) is 9.56. The van der Waals surface area contributed by atoms with Gasteiger partial charge in [0.05, 0.1) is 18.9 Å². The number of unbranched alkanes of at least 4 members (excludes halogenated alkanes) is 3. The highest BCUT2D eigenvalue weighted by Gasteiger charge is 2.33. The summed E-state index contributed by atoms with van der Waals surface area (Å²) in [5, 5.41) is 0. The molecule has 0 radical (unpaired) electrons. The van der Waals surface area contributed by atoms with Crippen LogP contribution in [0.25, 0.3) is 0 Å². The largest absolute Gasteiger partial charge is 0.469 e. The quantitative estimate of drug-likeness (QED) is 0.441. The number of esters is 2. The molecule has 0 saturated heterocycles. The minimum Gasteiger partial charge on any atom is -0.469 e. The van der Waals surface area contributed by atoms with Crippen LogP contribution in [0.2, 0.25) is 0 Å². The van der Waals surface area contributed by atoms with Crippen molar-refractivity contribution in [2.24, 2.45) is 11.8 Å². The first-order chi connectivity index (χ1) is 11.6. The SMILES string of the molecule is CCCCCCC(C(=O)OC)C(CC)C(=O)OCc1ccccc1. The molecule has 0 fully saturated rings. The van der Waals surface area contributed by atoms with Crippen molar-refractivity contribution in [2.75, 3.05) is 7.11 Å². The molecule has 1 rings (SSSR count). The van der Waals surface area contributed by atoms with Gasteiger partial charge in [-0.1, -0.05) is 69.9 Å². The van der Waals surface area contributed by atoms with E-state index < -0.39 is 11.8 Å². The van der Waals surface area contributed by atoms with Crippen molar-refractivity contribution in [3.63, 3.8) is 0 Å². The Balaban J connectivity index is 2.65. The molecular weight excluding hydrogens is 304 g/mol. The van der Waals surface area contributed by atoms with Crippen LogP contribution in [-0.4, -0.2) is 19.0 Å². The van der Waals surface area contributed by atoms with Crippen molar-refractivity contribution < 1.29 is 19.1 Å². The monoisotopic (exact) mass is 334 g/mol. The van der Waals surface area contributed by atoms with E-state index in [2.05, 4.69) is 6.92 Å². The van der Waals surface area contributed by atoms with Gasteiger partial charge in [-0.05, 0) is 18.4 Å². The summed E-state index contributed by atoms with van der Waals surface area (Å²) < 4.78 is 10.4. The van der Waals surface area contributed by atoms with E-state index >= 15 is 0 Å². The van der Waals surface area contributed by atoms with E-state index in [4.69, 9.17) is 9.47 Å². The topological polar surface area (TPSA) is 52.6 Å². The van der Waals surface area contributed by atoms with Crippen LogP contribution in [0.5, 0.6) is 0 Å². The molecular formula is C20H30O4. The molecule has 0 bridgehead atoms. The third kappa shape index (κ3) is 6.73. The third-order valence-corrected chi connectivity index (χ3v) is 4.32. The fraction of sp³-hybridized carbons (Fsp3) is 0.600. The summed E-state index contributed by atoms with van der Waals surface area (Å²) in [5.74, 6) is -1.48. The van der Waals surface area contributed by atoms with Gasteiger partial charge in [-0.25, -0.2) is 0 Å². The maximum atomic E-state index is 12.5. The predicted molar refractivity (Wildman–Crippen MR) is 94.3 cm³/mol. The first kappa shape index (κ1) is 20.2. The third-order valence-electron chi connectivity index (χ3n) is 4.32. The van der Waals surface area contributed by atoms with E-state index in [1.807, 2.05) is 37.3 Å². The Morgan fingerprint density at radius 2 is 1.67 bits per heavy atom. The van der Waals surface area contributed by atoms with Gasteiger partial charge in [0.2, 0.25) is 0 Å². The van der Waals surface area contributed by atoms with Crippen LogP contribution in [0, 0.1) is 11.8 Å². The van der Waals surface area contributed by atoms with Gasteiger partial charge in [0.1, 0.15) is 6.61 Å². The molecule has 1 aromatic carbocycles. The van der Waals surface area contributed by atoms with Gasteiger partial charge in [-0.2, -0.15) is 0 Å². The first-order valence-corrected chi connectivity index (χ1v) is 8.92. The molecule has 4 heteroatoms. The number of hydrogen-bond acceptors (Lipinski definition) is 4. The molecule has 0 N–H and O–H groups in total. The maximum Gasteiger partial charge on any atom is 0.310 e. The average Bonchev–Trinajstić information content (AvgIpc) is 2.62. The molecule has 0 aliphatic rings. The lowest BCUT2D eigenvalue weighted by atomic mass is 9.85. The molecule has 0 heterocycles. The summed E-state index contributed by atoms with van der Waals surface area (Å²) in [6.45, 7) is 4.30. The lowest BCUT2D eigenvalue weighted by Crippen LogP contribution is -2.32. The molecule has 1 aromatic rings. The molecule has 2 atom stereocenters. The Kier molecular flexibility index (Phi) is 9.81. The highest BCUT2D eigenvalue weighted by atomic mass is 16.5. The fourth-order valence-electron chi connectivity index (χ4n) is 2.88. The van der Waals surface area contributed by atoms with Gasteiger partial charge < -0.3 is 9.47 Å². The summed E-state index contributed by atoms with van der Waals surface area (Å²) >= 11 is 0. The standard InChI is InChI=1S/C20H30O4/c1-4-6-7-11-14-18(19(21)23-3)17(5-2)20(22)24-15-16-12-9-8-10-13-16/h8-10,12-13,17-18H,4-7,11,14-15H2,1-3H3. The lowest BCUT2D eigenvalue weighted by Gasteiger charge is -2.22. The number of methoxy groups -OCH3 is 1. The van der Waals surface area contributed by atoms with E-state index in [-0.39, 0.29) is 18.5 Å². The number of carbonyl (C=O) groups is 2. The van der Waals surface area contributed by atoms with Crippen LogP contribution < -0.4 is 0 Å². The molecule has 0 amide bonds. The van der Waals surface area contributed by atoms with E-state index in [0.717, 1.165) is 31.2 Å². The molecule has 0 aromatic heterocycles. The second kappa shape index (κ2) is 11.7. The number of rotatable bonds is 11. The van der Waals surface area contributed by atoms with Crippen molar-refractivity contribution >= 4 is 11.9 Å². The summed E-state index contributed by atoms with van der Waals surface area (Å²) in [4.78, 5) is 24.6. The van der Waals surface area contributed by atoms with Crippen molar-refractivity contribution in [3.8, 4) is 0 Å². The van der Waals surface area contributed by atoms with Crippen LogP contribution in [0.4, 0.5) is 0 Å². The van der Waals surface area contributed by atoms with Gasteiger partial charge in [0.15, 0.2) is 0 Å². The normalized spacial score (nSPS) is 13.1. The minimum absolute atomic E-state index is 0.236. The molecule has 0 aliphatic carbocycles. The Morgan fingerprint density at radius 3 is 2.25 bits per heavy atom. The van der Waals surface area contributed by atoms with Crippen LogP contribution in [0.1, 0.15) is 57.9 Å². The molecule has 24 heavy (non-hydrogen) atoms. The Hall–Kier alpha value is -1.84. The summed E-state index contributed by atoms with van der Waals surface area (Å²) in [6.07, 6.45) is 5.52. The minimum atomic E-state index is -0.442. The molecule has 0 saturated carbocycles. The predicted octanol–water partition coefficient (Wildman–Crippen LogP) is 4.52. The van der Waals surface area contributed by atoms with Gasteiger partial charge >= 0.3 is 11.9 Å². The number of benzene rings is 1. The molecule has 134 valence electrons. The highest BCUT2D eigenvalue weighted by Crippen LogP contribution is 2.25. The zero-order valence-electron chi connectivity index (χ0n) is 15.1. The van der Waals surface area contributed by atoms with Crippen LogP contribution in [0.3, 0.4) is 0 Å². The molecule has 4 nitrogen and oxygen atoms in total. The van der Waals surface area contributed by atoms with Crippen LogP contribution in [-0.2, 0) is 25.7 Å². The number of ether oxygens (including phenoxy) is 2. The van der Waals surface area contributed by atoms with Gasteiger partial charge in [-0.15, -0.1) is 0 Å². The van der Waals surface area contributed by atoms with Gasteiger partial charge in [0.25, 0.3) is 0 Å². The molecule has 0 spiro atoms. The second-order valence-corrected chi connectivity index (χ2v) is 6.09. The number of hydrogen-bond donors (Lipinski definition) is 0. The Bertz CT molecular complexity index is 484. The maximum absolute atomic E-state index is 12.5. The zero-order valence-corrected chi connectivity index (χ0v) is 15.1. The fourth-order valence-corrected chi connectivity index (χ4v) is 2.88.